The molecule has 25 heavy (non-hydrogen) atoms. The summed E-state index contributed by atoms with van der Waals surface area (Å²) in [5.41, 5.74) is 0.574. The van der Waals surface area contributed by atoms with E-state index < -0.39 is 0 Å². The number of rotatable bonds is 10. The van der Waals surface area contributed by atoms with Crippen molar-refractivity contribution < 1.29 is 38.6 Å². The number of hydrogen-bond donors (Lipinski definition) is 1. The van der Waals surface area contributed by atoms with E-state index >= 15 is 0 Å². The van der Waals surface area contributed by atoms with Crippen molar-refractivity contribution in [2.45, 2.75) is 34.1 Å². The van der Waals surface area contributed by atoms with Crippen LogP contribution in [0.5, 0.6) is 0 Å². The molecule has 0 aromatic heterocycles. The van der Waals surface area contributed by atoms with Crippen LogP contribution < -0.4 is 30.1 Å². The lowest BCUT2D eigenvalue weighted by Gasteiger charge is -2.34. The first-order valence-electron chi connectivity index (χ1n) is 8.77. The third kappa shape index (κ3) is 18.0. The number of quaternary nitrogens is 2. The van der Waals surface area contributed by atoms with Gasteiger partial charge in [0.2, 0.25) is 5.91 Å². The van der Waals surface area contributed by atoms with Crippen LogP contribution in [-0.2, 0) is 4.79 Å². The zero-order valence-electron chi connectivity index (χ0n) is 17.5. The Kier molecular flexibility index (Phi) is 21.7. The normalized spacial score (nSPS) is 10.4. The summed E-state index contributed by atoms with van der Waals surface area (Å²) < 4.78 is 2.12. The van der Waals surface area contributed by atoms with E-state index in [1.54, 1.807) is 6.92 Å². The zero-order valence-corrected chi connectivity index (χ0v) is 19.0. The highest BCUT2D eigenvalue weighted by Gasteiger charge is 2.17. The fourth-order valence-corrected chi connectivity index (χ4v) is 2.24. The van der Waals surface area contributed by atoms with Gasteiger partial charge < -0.3 is 39.1 Å². The Morgan fingerprint density at radius 3 is 1.72 bits per heavy atom. The SMILES string of the molecule is C=C(C)C(=O)NCCC[N+](C)(C)C.C=CC[N+](CC)(CC)CC.[Cl-].[Cl-]. The number of carbonyl (C=O) groups excluding carboxylic acids is 1. The highest BCUT2D eigenvalue weighted by Crippen LogP contribution is 2.04. The van der Waals surface area contributed by atoms with Crippen molar-refractivity contribution in [2.75, 3.05) is 60.4 Å². The molecule has 4 nitrogen and oxygen atoms in total. The molecule has 1 N–H and O–H groups in total. The molecule has 0 aliphatic heterocycles. The Balaban J connectivity index is -0.000000168. The van der Waals surface area contributed by atoms with Gasteiger partial charge >= 0.3 is 0 Å². The van der Waals surface area contributed by atoms with Gasteiger partial charge in [0.05, 0.1) is 53.9 Å². The van der Waals surface area contributed by atoms with E-state index in [0.29, 0.717) is 5.57 Å². The Bertz CT molecular complexity index is 354. The largest absolute Gasteiger partial charge is 1.00 e. The average Bonchev–Trinajstić information content (AvgIpc) is 2.49. The smallest absolute Gasteiger partial charge is 0.246 e. The van der Waals surface area contributed by atoms with Gasteiger partial charge in [0.15, 0.2) is 0 Å². The topological polar surface area (TPSA) is 29.1 Å². The quantitative estimate of drug-likeness (QED) is 0.179. The molecular weight excluding hydrogens is 357 g/mol. The molecule has 0 aromatic rings. The fraction of sp³-hybridized carbons (Fsp3) is 0.737. The Labute approximate surface area is 169 Å². The second-order valence-electron chi connectivity index (χ2n) is 7.17. The van der Waals surface area contributed by atoms with Crippen molar-refractivity contribution in [1.82, 2.24) is 5.32 Å². The third-order valence-corrected chi connectivity index (χ3v) is 4.21. The summed E-state index contributed by atoms with van der Waals surface area (Å²) >= 11 is 0. The molecule has 0 atom stereocenters. The maximum atomic E-state index is 11.1. The highest BCUT2D eigenvalue weighted by atomic mass is 35.5. The van der Waals surface area contributed by atoms with Gasteiger partial charge in [-0.05, 0) is 33.8 Å². The van der Waals surface area contributed by atoms with Crippen LogP contribution in [0.3, 0.4) is 0 Å². The number of nitrogens with zero attached hydrogens (tertiary/aromatic N) is 2. The number of hydrogen-bond acceptors (Lipinski definition) is 1. The van der Waals surface area contributed by atoms with Crippen LogP contribution in [-0.4, -0.2) is 75.3 Å². The molecule has 152 valence electrons. The lowest BCUT2D eigenvalue weighted by molar-refractivity contribution is -0.917. The molecule has 0 aliphatic rings. The van der Waals surface area contributed by atoms with Gasteiger partial charge in [-0.2, -0.15) is 0 Å². The molecule has 0 heterocycles. The summed E-state index contributed by atoms with van der Waals surface area (Å²) in [5.74, 6) is -0.0404. The number of carbonyl (C=O) groups is 1. The van der Waals surface area contributed by atoms with Crippen molar-refractivity contribution in [3.05, 3.63) is 24.8 Å². The molecule has 1 amide bonds. The van der Waals surface area contributed by atoms with Gasteiger partial charge in [-0.1, -0.05) is 13.2 Å². The van der Waals surface area contributed by atoms with Crippen LogP contribution in [0.1, 0.15) is 34.1 Å². The number of halogens is 2. The summed E-state index contributed by atoms with van der Waals surface area (Å²) in [5, 5.41) is 2.81. The molecule has 6 heteroatoms. The first-order valence-corrected chi connectivity index (χ1v) is 8.77. The minimum Gasteiger partial charge on any atom is -1.00 e. The average molecular weight is 398 g/mol. The van der Waals surface area contributed by atoms with Gasteiger partial charge in [0.25, 0.3) is 0 Å². The van der Waals surface area contributed by atoms with Gasteiger partial charge in [-0.15, -0.1) is 0 Å². The van der Waals surface area contributed by atoms with Gasteiger partial charge in [-0.3, -0.25) is 4.79 Å². The van der Waals surface area contributed by atoms with Crippen LogP contribution in [0.15, 0.2) is 24.8 Å². The standard InChI is InChI=1S/C10H20N2O.C9H20N.2ClH/c1-9(2)10(13)11-7-6-8-12(3,4)5;1-5-9-10(6-2,7-3)8-4;;/h1,6-8H2,2-5H3;5H,1,6-9H2,2-4H3;2*1H/q;+1;;/p-1. The van der Waals surface area contributed by atoms with E-state index in [9.17, 15) is 4.79 Å². The van der Waals surface area contributed by atoms with Crippen molar-refractivity contribution in [2.24, 2.45) is 0 Å². The van der Waals surface area contributed by atoms with Gasteiger partial charge in [0.1, 0.15) is 0 Å². The minimum atomic E-state index is -0.0404. The summed E-state index contributed by atoms with van der Waals surface area (Å²) in [6.45, 7) is 22.4. The lowest BCUT2D eigenvalue weighted by Crippen LogP contribution is -3.00. The molecule has 0 saturated heterocycles. The van der Waals surface area contributed by atoms with Crippen LogP contribution in [0, 0.1) is 0 Å². The molecule has 0 aromatic carbocycles. The molecule has 0 rings (SSSR count). The third-order valence-electron chi connectivity index (χ3n) is 4.21. The van der Waals surface area contributed by atoms with E-state index in [0.717, 1.165) is 30.5 Å². The number of nitrogens with one attached hydrogen (secondary N) is 1. The molecule has 0 bridgehead atoms. The molecule has 0 saturated carbocycles. The molecular formula is C19H41Cl2N3O. The number of likely N-dealkylation sites (N-methyl/N-ethyl adjacent to an activating group) is 1. The van der Waals surface area contributed by atoms with Crippen LogP contribution in [0.25, 0.3) is 0 Å². The second kappa shape index (κ2) is 16.9. The first kappa shape index (κ1) is 32.1. The molecule has 0 aliphatic carbocycles. The summed E-state index contributed by atoms with van der Waals surface area (Å²) in [4.78, 5) is 11.1. The van der Waals surface area contributed by atoms with Crippen molar-refractivity contribution in [1.29, 1.82) is 0 Å². The first-order chi connectivity index (χ1) is 10.6. The lowest BCUT2D eigenvalue weighted by atomic mass is 10.3. The Morgan fingerprint density at radius 2 is 1.48 bits per heavy atom. The van der Waals surface area contributed by atoms with Gasteiger partial charge in [0, 0.05) is 18.5 Å². The minimum absolute atomic E-state index is 0. The van der Waals surface area contributed by atoms with Crippen LogP contribution in [0.2, 0.25) is 0 Å². The highest BCUT2D eigenvalue weighted by molar-refractivity contribution is 5.91. The van der Waals surface area contributed by atoms with E-state index in [4.69, 9.17) is 0 Å². The van der Waals surface area contributed by atoms with Crippen LogP contribution in [0.4, 0.5) is 0 Å². The van der Waals surface area contributed by atoms with E-state index in [-0.39, 0.29) is 30.7 Å². The molecule has 0 spiro atoms. The van der Waals surface area contributed by atoms with Crippen molar-refractivity contribution in [3.63, 3.8) is 0 Å². The zero-order chi connectivity index (χ0) is 18.5. The second-order valence-corrected chi connectivity index (χ2v) is 7.17. The molecule has 0 radical (unpaired) electrons. The molecule has 0 unspecified atom stereocenters. The van der Waals surface area contributed by atoms with Crippen molar-refractivity contribution >= 4 is 5.91 Å². The van der Waals surface area contributed by atoms with Gasteiger partial charge in [-0.25, -0.2) is 0 Å². The Morgan fingerprint density at radius 1 is 1.04 bits per heavy atom. The van der Waals surface area contributed by atoms with E-state index in [1.807, 2.05) is 6.08 Å². The predicted octanol–water partition coefficient (Wildman–Crippen LogP) is -3.17. The van der Waals surface area contributed by atoms with Crippen molar-refractivity contribution in [3.8, 4) is 0 Å². The maximum Gasteiger partial charge on any atom is 0.246 e. The predicted molar refractivity (Wildman–Crippen MR) is 102 cm³/mol. The molecule has 0 fully saturated rings. The van der Waals surface area contributed by atoms with E-state index in [1.165, 1.54) is 24.1 Å². The van der Waals surface area contributed by atoms with E-state index in [2.05, 4.69) is 60.4 Å². The maximum absolute atomic E-state index is 11.1. The summed E-state index contributed by atoms with van der Waals surface area (Å²) in [6, 6.07) is 0. The fourth-order valence-electron chi connectivity index (χ4n) is 2.24. The summed E-state index contributed by atoms with van der Waals surface area (Å²) in [7, 11) is 6.42. The summed E-state index contributed by atoms with van der Waals surface area (Å²) in [6.07, 6.45) is 3.03. The monoisotopic (exact) mass is 397 g/mol. The van der Waals surface area contributed by atoms with Crippen LogP contribution >= 0.6 is 0 Å². The Hall–Kier alpha value is -0.550. The number of amides is 1.